The molecule has 6 heteroatoms. The quantitative estimate of drug-likeness (QED) is 0.582. The number of nitrogens with two attached hydrogens (primary N) is 1. The number of hydrogen-bond donors (Lipinski definition) is 3. The Morgan fingerprint density at radius 2 is 2.10 bits per heavy atom. The highest BCUT2D eigenvalue weighted by Gasteiger charge is 2.71. The maximum Gasteiger partial charge on any atom is 0.132 e. The normalized spacial score (nSPS) is 31.6. The van der Waals surface area contributed by atoms with E-state index in [0.29, 0.717) is 5.82 Å². The fourth-order valence-corrected chi connectivity index (χ4v) is 5.55. The number of aliphatic hydroxyl groups excluding tert-OH is 2. The minimum Gasteiger partial charge on any atom is -0.390 e. The van der Waals surface area contributed by atoms with Crippen LogP contribution in [-0.4, -0.2) is 38.7 Å². The number of hydrogen-bond acceptors (Lipinski definition) is 5. The Balaban J connectivity index is 1.41. The fraction of sp³-hybridized carbons (Fsp3) is 0.391. The molecule has 1 unspecified atom stereocenters. The van der Waals surface area contributed by atoms with Gasteiger partial charge in [-0.05, 0) is 67.3 Å². The summed E-state index contributed by atoms with van der Waals surface area (Å²) in [6, 6.07) is 13.7. The van der Waals surface area contributed by atoms with Crippen molar-refractivity contribution in [1.82, 2.24) is 9.55 Å². The Morgan fingerprint density at radius 3 is 2.90 bits per heavy atom. The van der Waals surface area contributed by atoms with E-state index in [1.165, 1.54) is 5.56 Å². The van der Waals surface area contributed by atoms with Gasteiger partial charge in [0.25, 0.3) is 0 Å². The molecular weight excluding hydrogens is 364 g/mol. The second kappa shape index (κ2) is 6.40. The van der Waals surface area contributed by atoms with Crippen LogP contribution in [0.1, 0.15) is 37.3 Å². The van der Waals surface area contributed by atoms with Crippen LogP contribution < -0.4 is 5.73 Å². The number of aliphatic hydroxyl groups is 2. The third kappa shape index (κ3) is 2.70. The lowest BCUT2D eigenvalue weighted by Crippen LogP contribution is -2.34. The zero-order chi connectivity index (χ0) is 20.3. The van der Waals surface area contributed by atoms with E-state index >= 15 is 0 Å². The van der Waals surface area contributed by atoms with Crippen LogP contribution in [0.25, 0.3) is 10.9 Å². The molecule has 0 radical (unpaired) electrons. The Bertz CT molecular complexity index is 1090. The van der Waals surface area contributed by atoms with Crippen LogP contribution in [0.3, 0.4) is 0 Å². The molecule has 2 heterocycles. The summed E-state index contributed by atoms with van der Waals surface area (Å²) in [6.07, 6.45) is 2.11. The Hall–Kier alpha value is -2.70. The molecule has 5 rings (SSSR count). The van der Waals surface area contributed by atoms with Gasteiger partial charge in [-0.2, -0.15) is 0 Å². The summed E-state index contributed by atoms with van der Waals surface area (Å²) in [7, 11) is 0. The van der Waals surface area contributed by atoms with Gasteiger partial charge < -0.3 is 20.5 Å². The fourth-order valence-electron chi connectivity index (χ4n) is 5.55. The monoisotopic (exact) mass is 390 g/mol. The first kappa shape index (κ1) is 18.3. The molecule has 29 heavy (non-hydrogen) atoms. The topological polar surface area (TPSA) is 96.7 Å². The van der Waals surface area contributed by atoms with Crippen molar-refractivity contribution in [3.63, 3.8) is 0 Å². The maximum atomic E-state index is 11.0. The molecule has 2 fully saturated rings. The lowest BCUT2D eigenvalue weighted by molar-refractivity contribution is -0.0206. The largest absolute Gasteiger partial charge is 0.390 e. The van der Waals surface area contributed by atoms with Crippen molar-refractivity contribution in [2.45, 2.75) is 43.9 Å². The zero-order valence-corrected chi connectivity index (χ0v) is 16.4. The second-order valence-electron chi connectivity index (χ2n) is 8.70. The summed E-state index contributed by atoms with van der Waals surface area (Å²) in [5.41, 5.74) is 7.65. The molecule has 1 aromatic carbocycles. The molecule has 2 aliphatic rings. The van der Waals surface area contributed by atoms with Crippen molar-refractivity contribution in [3.8, 4) is 0 Å². The molecule has 2 saturated carbocycles. The highest BCUT2D eigenvalue weighted by Crippen LogP contribution is 2.71. The van der Waals surface area contributed by atoms with E-state index in [4.69, 9.17) is 5.73 Å². The number of rotatable bonds is 5. The minimum atomic E-state index is -0.799. The molecule has 6 atom stereocenters. The highest BCUT2D eigenvalue weighted by molar-refractivity contribution is 5.80. The van der Waals surface area contributed by atoms with Crippen LogP contribution in [-0.2, 0) is 0 Å². The van der Waals surface area contributed by atoms with Crippen molar-refractivity contribution in [2.24, 2.45) is 16.3 Å². The van der Waals surface area contributed by atoms with Crippen molar-refractivity contribution in [1.29, 1.82) is 0 Å². The standard InChI is InChI=1S/C23H26N4O2/c1-13(15-6-5-14-7-8-18(24)26-17(14)10-15)11-23-12-16(23)20(21(28)22(23)29)27-9-3-4-19(27)25-2/h3-10,13,16,20-22,28-29H,2,11-12H2,1H3,(H2,24,26)/t13?,16-,20-,21+,22+,23+/m1/s1. The molecule has 0 aliphatic heterocycles. The van der Waals surface area contributed by atoms with E-state index in [9.17, 15) is 10.2 Å². The van der Waals surface area contributed by atoms with E-state index in [2.05, 4.69) is 41.8 Å². The Kier molecular flexibility index (Phi) is 4.05. The lowest BCUT2D eigenvalue weighted by atomic mass is 9.84. The molecular formula is C23H26N4O2. The predicted molar refractivity (Wildman–Crippen MR) is 114 cm³/mol. The number of aromatic nitrogens is 2. The summed E-state index contributed by atoms with van der Waals surface area (Å²) in [5, 5.41) is 22.8. The molecule has 2 aromatic heterocycles. The average molecular weight is 390 g/mol. The third-order valence-electron chi connectivity index (χ3n) is 7.09. The first-order valence-corrected chi connectivity index (χ1v) is 10.1. The van der Waals surface area contributed by atoms with E-state index in [1.54, 1.807) is 0 Å². The smallest absolute Gasteiger partial charge is 0.132 e. The molecule has 0 bridgehead atoms. The van der Waals surface area contributed by atoms with Crippen molar-refractivity contribution < 1.29 is 10.2 Å². The summed E-state index contributed by atoms with van der Waals surface area (Å²) in [4.78, 5) is 8.50. The average Bonchev–Trinajstić information content (AvgIpc) is 3.13. The van der Waals surface area contributed by atoms with Gasteiger partial charge in [-0.3, -0.25) is 0 Å². The number of fused-ring (bicyclic) bond motifs is 2. The first-order valence-electron chi connectivity index (χ1n) is 10.1. The van der Waals surface area contributed by atoms with Gasteiger partial charge >= 0.3 is 0 Å². The van der Waals surface area contributed by atoms with Crippen molar-refractivity contribution in [3.05, 3.63) is 54.2 Å². The third-order valence-corrected chi connectivity index (χ3v) is 7.09. The molecule has 3 aromatic rings. The molecule has 6 nitrogen and oxygen atoms in total. The van der Waals surface area contributed by atoms with Gasteiger partial charge in [0.05, 0.1) is 17.7 Å². The second-order valence-corrected chi connectivity index (χ2v) is 8.70. The van der Waals surface area contributed by atoms with E-state index in [1.807, 2.05) is 35.0 Å². The van der Waals surface area contributed by atoms with Gasteiger partial charge in [0, 0.05) is 17.0 Å². The number of nitrogens with zero attached hydrogens (tertiary/aromatic N) is 3. The van der Waals surface area contributed by atoms with E-state index in [-0.39, 0.29) is 23.3 Å². The summed E-state index contributed by atoms with van der Waals surface area (Å²) < 4.78 is 1.97. The molecule has 2 aliphatic carbocycles. The highest BCUT2D eigenvalue weighted by atomic mass is 16.3. The number of aliphatic imine (C=N–C) groups is 1. The van der Waals surface area contributed by atoms with Crippen molar-refractivity contribution in [2.75, 3.05) is 5.73 Å². The zero-order valence-electron chi connectivity index (χ0n) is 16.4. The SMILES string of the molecule is C=Nc1cccn1[C@H]1[C@H](O)[C@H](O)[C@@]2(CC(C)c3ccc4ccc(N)nc4c3)C[C@H]12. The van der Waals surface area contributed by atoms with Gasteiger partial charge in [0.1, 0.15) is 17.7 Å². The van der Waals surface area contributed by atoms with Gasteiger partial charge in [0.15, 0.2) is 0 Å². The molecule has 0 saturated heterocycles. The van der Waals surface area contributed by atoms with Crippen molar-refractivity contribution >= 4 is 29.3 Å². The van der Waals surface area contributed by atoms with Crippen LogP contribution in [0.4, 0.5) is 11.6 Å². The van der Waals surface area contributed by atoms with E-state index < -0.39 is 12.2 Å². The minimum absolute atomic E-state index is 0.161. The van der Waals surface area contributed by atoms with Gasteiger partial charge in [-0.25, -0.2) is 9.98 Å². The molecule has 0 amide bonds. The lowest BCUT2D eigenvalue weighted by Gasteiger charge is -2.26. The number of pyridine rings is 1. The van der Waals surface area contributed by atoms with Crippen LogP contribution in [0.15, 0.2) is 53.7 Å². The summed E-state index contributed by atoms with van der Waals surface area (Å²) in [6.45, 7) is 5.80. The molecule has 4 N–H and O–H groups in total. The van der Waals surface area contributed by atoms with Gasteiger partial charge in [-0.1, -0.05) is 19.1 Å². The summed E-state index contributed by atoms with van der Waals surface area (Å²) >= 11 is 0. The van der Waals surface area contributed by atoms with Gasteiger partial charge in [-0.15, -0.1) is 0 Å². The van der Waals surface area contributed by atoms with E-state index in [0.717, 1.165) is 29.6 Å². The van der Waals surface area contributed by atoms with Gasteiger partial charge in [0.2, 0.25) is 0 Å². The number of anilines is 1. The first-order chi connectivity index (χ1) is 13.9. The Morgan fingerprint density at radius 1 is 1.31 bits per heavy atom. The number of benzene rings is 1. The maximum absolute atomic E-state index is 11.0. The Labute approximate surface area is 169 Å². The molecule has 150 valence electrons. The molecule has 0 spiro atoms. The summed E-state index contributed by atoms with van der Waals surface area (Å²) in [5.74, 6) is 1.71. The van der Waals surface area contributed by atoms with Crippen LogP contribution >= 0.6 is 0 Å². The van der Waals surface area contributed by atoms with Crippen LogP contribution in [0.5, 0.6) is 0 Å². The number of nitrogen functional groups attached to an aromatic ring is 1. The predicted octanol–water partition coefficient (Wildman–Crippen LogP) is 3.43. The van der Waals surface area contributed by atoms with Crippen LogP contribution in [0.2, 0.25) is 0 Å². The van der Waals surface area contributed by atoms with Crippen LogP contribution in [0, 0.1) is 11.3 Å².